The molecule has 0 spiro atoms. The van der Waals surface area contributed by atoms with Crippen molar-refractivity contribution in [3.63, 3.8) is 0 Å². The Hall–Kier alpha value is -4.91. The molecule has 38 heavy (non-hydrogen) atoms. The van der Waals surface area contributed by atoms with Crippen molar-refractivity contribution in [3.05, 3.63) is 125 Å². The van der Waals surface area contributed by atoms with Crippen molar-refractivity contribution in [2.24, 2.45) is 0 Å². The fraction of sp³-hybridized carbons (Fsp3) is 0.129. The van der Waals surface area contributed by atoms with Gasteiger partial charge in [-0.3, -0.25) is 19.5 Å². The van der Waals surface area contributed by atoms with E-state index in [2.05, 4.69) is 4.98 Å². The number of ether oxygens (including phenoxy) is 2. The van der Waals surface area contributed by atoms with Crippen molar-refractivity contribution in [2.75, 3.05) is 12.0 Å². The van der Waals surface area contributed by atoms with Gasteiger partial charge in [-0.1, -0.05) is 36.4 Å². The molecule has 1 aliphatic rings. The van der Waals surface area contributed by atoms with Gasteiger partial charge in [-0.15, -0.1) is 0 Å². The number of anilines is 1. The number of rotatable bonds is 7. The summed E-state index contributed by atoms with van der Waals surface area (Å²) in [6.07, 6.45) is 3.21. The summed E-state index contributed by atoms with van der Waals surface area (Å²) in [5, 5.41) is 11.4. The van der Waals surface area contributed by atoms with E-state index >= 15 is 0 Å². The maximum atomic E-state index is 13.4. The molecular formula is C31H26N2O5. The average Bonchev–Trinajstić information content (AvgIpc) is 3.22. The van der Waals surface area contributed by atoms with Gasteiger partial charge in [0.1, 0.15) is 23.9 Å². The second-order valence-electron chi connectivity index (χ2n) is 8.90. The monoisotopic (exact) mass is 506 g/mol. The molecule has 0 aliphatic carbocycles. The minimum Gasteiger partial charge on any atom is -0.507 e. The van der Waals surface area contributed by atoms with Gasteiger partial charge in [0, 0.05) is 23.6 Å². The number of aryl methyl sites for hydroxylation is 1. The highest BCUT2D eigenvalue weighted by Gasteiger charge is 2.47. The van der Waals surface area contributed by atoms with Crippen LogP contribution in [0.25, 0.3) is 5.76 Å². The third-order valence-corrected chi connectivity index (χ3v) is 6.50. The summed E-state index contributed by atoms with van der Waals surface area (Å²) in [4.78, 5) is 32.3. The molecule has 1 amide bonds. The van der Waals surface area contributed by atoms with Gasteiger partial charge in [0.15, 0.2) is 0 Å². The van der Waals surface area contributed by atoms with Crippen LogP contribution in [0.5, 0.6) is 11.5 Å². The molecule has 3 aromatic carbocycles. The minimum atomic E-state index is -0.860. The summed E-state index contributed by atoms with van der Waals surface area (Å²) in [6, 6.07) is 24.6. The van der Waals surface area contributed by atoms with Crippen molar-refractivity contribution in [3.8, 4) is 11.5 Å². The number of carbonyl (C=O) groups is 2. The number of hydrogen-bond donors (Lipinski definition) is 1. The van der Waals surface area contributed by atoms with E-state index in [1.165, 1.54) is 4.90 Å². The highest BCUT2D eigenvalue weighted by atomic mass is 16.5. The summed E-state index contributed by atoms with van der Waals surface area (Å²) in [5.74, 6) is -0.498. The molecule has 1 aromatic heterocycles. The molecule has 0 bridgehead atoms. The molecule has 1 atom stereocenters. The van der Waals surface area contributed by atoms with Gasteiger partial charge >= 0.3 is 0 Å². The van der Waals surface area contributed by atoms with E-state index in [1.54, 1.807) is 81.0 Å². The zero-order valence-corrected chi connectivity index (χ0v) is 21.0. The molecule has 0 saturated carbocycles. The molecule has 4 aromatic rings. The summed E-state index contributed by atoms with van der Waals surface area (Å²) in [5.41, 5.74) is 3.29. The topological polar surface area (TPSA) is 89.0 Å². The number of Topliss-reactive ketones (excluding diaryl/α,β-unsaturated/α-hetero) is 1. The first-order valence-electron chi connectivity index (χ1n) is 12.1. The number of nitrogens with zero attached hydrogens (tertiary/aromatic N) is 2. The highest BCUT2D eigenvalue weighted by molar-refractivity contribution is 6.51. The second kappa shape index (κ2) is 10.6. The van der Waals surface area contributed by atoms with Crippen LogP contribution in [0.1, 0.15) is 28.3 Å². The van der Waals surface area contributed by atoms with E-state index in [0.29, 0.717) is 40.5 Å². The van der Waals surface area contributed by atoms with Crippen LogP contribution < -0.4 is 14.4 Å². The number of hydrogen-bond acceptors (Lipinski definition) is 6. The number of carbonyl (C=O) groups excluding carboxylic acids is 2. The van der Waals surface area contributed by atoms with Crippen molar-refractivity contribution in [1.29, 1.82) is 0 Å². The van der Waals surface area contributed by atoms with Crippen LogP contribution in [0.4, 0.5) is 5.69 Å². The molecule has 1 aliphatic heterocycles. The molecule has 1 saturated heterocycles. The Morgan fingerprint density at radius 2 is 1.68 bits per heavy atom. The van der Waals surface area contributed by atoms with Gasteiger partial charge in [-0.05, 0) is 72.1 Å². The van der Waals surface area contributed by atoms with Crippen LogP contribution in [0.3, 0.4) is 0 Å². The lowest BCUT2D eigenvalue weighted by Gasteiger charge is -2.25. The van der Waals surface area contributed by atoms with Crippen molar-refractivity contribution in [1.82, 2.24) is 4.98 Å². The predicted molar refractivity (Wildman–Crippen MR) is 144 cm³/mol. The van der Waals surface area contributed by atoms with Gasteiger partial charge in [-0.2, -0.15) is 0 Å². The standard InChI is InChI=1S/C31H26N2O5/c1-20-17-25(37-2)14-15-26(20)29(34)27-28(22-9-6-16-32-18-22)33(31(36)30(27)35)23-10-12-24(13-11-23)38-19-21-7-4-3-5-8-21/h3-18,28,34H,19H2,1-2H3/b29-27-. The van der Waals surface area contributed by atoms with Crippen molar-refractivity contribution >= 4 is 23.1 Å². The van der Waals surface area contributed by atoms with Gasteiger partial charge in [0.25, 0.3) is 11.7 Å². The van der Waals surface area contributed by atoms with E-state index in [9.17, 15) is 14.7 Å². The summed E-state index contributed by atoms with van der Waals surface area (Å²) < 4.78 is 11.1. The Kier molecular flexibility index (Phi) is 6.91. The zero-order valence-electron chi connectivity index (χ0n) is 21.0. The number of methoxy groups -OCH3 is 1. The highest BCUT2D eigenvalue weighted by Crippen LogP contribution is 2.42. The molecular weight excluding hydrogens is 480 g/mol. The molecule has 1 fully saturated rings. The SMILES string of the molecule is COc1ccc(/C(O)=C2/C(=O)C(=O)N(c3ccc(OCc4ccccc4)cc3)C2c2cccnc2)c(C)c1. The number of amides is 1. The first kappa shape index (κ1) is 24.8. The Labute approximate surface area is 220 Å². The first-order chi connectivity index (χ1) is 18.5. The van der Waals surface area contributed by atoms with Gasteiger partial charge in [0.05, 0.1) is 18.7 Å². The summed E-state index contributed by atoms with van der Waals surface area (Å²) in [6.45, 7) is 2.21. The van der Waals surface area contributed by atoms with E-state index in [-0.39, 0.29) is 11.3 Å². The largest absolute Gasteiger partial charge is 0.507 e. The lowest BCUT2D eigenvalue weighted by Crippen LogP contribution is -2.29. The third-order valence-electron chi connectivity index (χ3n) is 6.50. The Morgan fingerprint density at radius 3 is 2.34 bits per heavy atom. The van der Waals surface area contributed by atoms with E-state index in [1.807, 2.05) is 30.3 Å². The van der Waals surface area contributed by atoms with Crippen molar-refractivity contribution in [2.45, 2.75) is 19.6 Å². The maximum Gasteiger partial charge on any atom is 0.300 e. The number of aliphatic hydroxyl groups excluding tert-OH is 1. The molecule has 0 radical (unpaired) electrons. The fourth-order valence-electron chi connectivity index (χ4n) is 4.57. The second-order valence-corrected chi connectivity index (χ2v) is 8.90. The molecule has 1 unspecified atom stereocenters. The molecule has 2 heterocycles. The van der Waals surface area contributed by atoms with Gasteiger partial charge in [0.2, 0.25) is 0 Å². The Bertz CT molecular complexity index is 1500. The van der Waals surface area contributed by atoms with Crippen LogP contribution in [-0.2, 0) is 16.2 Å². The smallest absolute Gasteiger partial charge is 0.300 e. The maximum absolute atomic E-state index is 13.4. The van der Waals surface area contributed by atoms with Crippen LogP contribution in [0.2, 0.25) is 0 Å². The summed E-state index contributed by atoms with van der Waals surface area (Å²) in [7, 11) is 1.56. The third kappa shape index (κ3) is 4.74. The average molecular weight is 507 g/mol. The van der Waals surface area contributed by atoms with E-state index in [4.69, 9.17) is 9.47 Å². The lowest BCUT2D eigenvalue weighted by molar-refractivity contribution is -0.132. The summed E-state index contributed by atoms with van der Waals surface area (Å²) >= 11 is 0. The number of pyridine rings is 1. The predicted octanol–water partition coefficient (Wildman–Crippen LogP) is 5.60. The van der Waals surface area contributed by atoms with E-state index in [0.717, 1.165) is 5.56 Å². The zero-order chi connectivity index (χ0) is 26.6. The van der Waals surface area contributed by atoms with Crippen molar-refractivity contribution < 1.29 is 24.2 Å². The van der Waals surface area contributed by atoms with Crippen LogP contribution in [0.15, 0.2) is 103 Å². The molecule has 7 heteroatoms. The number of aliphatic hydroxyl groups is 1. The van der Waals surface area contributed by atoms with Crippen LogP contribution >= 0.6 is 0 Å². The number of benzene rings is 3. The number of ketones is 1. The molecule has 7 nitrogen and oxygen atoms in total. The van der Waals surface area contributed by atoms with E-state index < -0.39 is 17.7 Å². The van der Waals surface area contributed by atoms with Gasteiger partial charge in [-0.25, -0.2) is 0 Å². The quantitative estimate of drug-likeness (QED) is 0.199. The van der Waals surface area contributed by atoms with Gasteiger partial charge < -0.3 is 14.6 Å². The molecule has 5 rings (SSSR count). The lowest BCUT2D eigenvalue weighted by atomic mass is 9.94. The van der Waals surface area contributed by atoms with Crippen LogP contribution in [-0.4, -0.2) is 28.9 Å². The van der Waals surface area contributed by atoms with Crippen LogP contribution in [0, 0.1) is 6.92 Å². The molecule has 190 valence electrons. The first-order valence-corrected chi connectivity index (χ1v) is 12.1. The number of aromatic nitrogens is 1. The normalized spacial score (nSPS) is 16.5. The fourth-order valence-corrected chi connectivity index (χ4v) is 4.57. The minimum absolute atomic E-state index is 0.000621. The molecule has 1 N–H and O–H groups in total. The Morgan fingerprint density at radius 1 is 0.947 bits per heavy atom. The Balaban J connectivity index is 1.53.